The molecule has 1 amide bonds. The summed E-state index contributed by atoms with van der Waals surface area (Å²) in [6, 6.07) is 8.04. The first-order valence-corrected chi connectivity index (χ1v) is 12.9. The van der Waals surface area contributed by atoms with Gasteiger partial charge in [0.05, 0.1) is 24.5 Å². The Balaban J connectivity index is 1.50. The molecule has 1 aromatic carbocycles. The fourth-order valence-corrected chi connectivity index (χ4v) is 4.59. The van der Waals surface area contributed by atoms with Crippen LogP contribution in [-0.2, 0) is 33.9 Å². The third kappa shape index (κ3) is 7.29. The minimum atomic E-state index is -0.340. The molecule has 0 spiro atoms. The Morgan fingerprint density at radius 2 is 1.94 bits per heavy atom. The highest BCUT2D eigenvalue weighted by atomic mass is 32.2. The molecule has 11 heteroatoms. The van der Waals surface area contributed by atoms with Gasteiger partial charge in [0.1, 0.15) is 12.4 Å². The van der Waals surface area contributed by atoms with E-state index < -0.39 is 0 Å². The molecule has 2 heterocycles. The zero-order chi connectivity index (χ0) is 24.5. The van der Waals surface area contributed by atoms with Crippen molar-refractivity contribution in [2.45, 2.75) is 58.3 Å². The van der Waals surface area contributed by atoms with Gasteiger partial charge in [-0.1, -0.05) is 37.7 Å². The second-order valence-electron chi connectivity index (χ2n) is 7.62. The number of nitrogens with zero attached hydrogens (tertiary/aromatic N) is 4. The van der Waals surface area contributed by atoms with E-state index in [0.29, 0.717) is 40.9 Å². The molecule has 0 saturated heterocycles. The molecule has 0 unspecified atom stereocenters. The van der Waals surface area contributed by atoms with Gasteiger partial charge in [-0.05, 0) is 37.5 Å². The van der Waals surface area contributed by atoms with Gasteiger partial charge in [0.25, 0.3) is 0 Å². The Labute approximate surface area is 207 Å². The molecule has 3 aromatic rings. The number of thioether (sulfide) groups is 1. The number of rotatable bonds is 12. The minimum absolute atomic E-state index is 0.0846. The van der Waals surface area contributed by atoms with Gasteiger partial charge in [0.15, 0.2) is 16.1 Å². The summed E-state index contributed by atoms with van der Waals surface area (Å²) in [6.45, 7) is 9.32. The van der Waals surface area contributed by atoms with Gasteiger partial charge in [-0.2, -0.15) is 0 Å². The number of esters is 1. The average molecular weight is 504 g/mol. The molecule has 1 N–H and O–H groups in total. The van der Waals surface area contributed by atoms with Crippen LogP contribution in [0.5, 0.6) is 5.75 Å². The smallest absolute Gasteiger partial charge is 0.311 e. The Morgan fingerprint density at radius 3 is 2.62 bits per heavy atom. The molecule has 9 nitrogen and oxygen atoms in total. The first-order valence-electron chi connectivity index (χ1n) is 11.1. The largest absolute Gasteiger partial charge is 0.486 e. The molecular weight excluding hydrogens is 474 g/mol. The van der Waals surface area contributed by atoms with Crippen molar-refractivity contribution < 1.29 is 19.1 Å². The number of thiazole rings is 1. The van der Waals surface area contributed by atoms with Gasteiger partial charge in [0.2, 0.25) is 5.91 Å². The summed E-state index contributed by atoms with van der Waals surface area (Å²) in [5.41, 5.74) is 1.83. The van der Waals surface area contributed by atoms with E-state index in [1.165, 1.54) is 28.7 Å². The molecule has 0 fully saturated rings. The van der Waals surface area contributed by atoms with Crippen LogP contribution in [0.1, 0.15) is 50.7 Å². The molecule has 0 saturated carbocycles. The molecular formula is C23H29N5O4S2. The molecule has 0 aliphatic heterocycles. The lowest BCUT2D eigenvalue weighted by atomic mass is 10.0. The lowest BCUT2D eigenvalue weighted by Gasteiger charge is -2.10. The Kier molecular flexibility index (Phi) is 9.46. The average Bonchev–Trinajstić information content (AvgIpc) is 3.42. The number of nitrogens with one attached hydrogen (secondary N) is 1. The third-order valence-electron chi connectivity index (χ3n) is 4.79. The number of carbonyl (C=O) groups is 2. The van der Waals surface area contributed by atoms with E-state index in [2.05, 4.69) is 46.5 Å². The highest BCUT2D eigenvalue weighted by Gasteiger charge is 2.15. The quantitative estimate of drug-likeness (QED) is 0.288. The lowest BCUT2D eigenvalue weighted by Crippen LogP contribution is -2.15. The summed E-state index contributed by atoms with van der Waals surface area (Å²) in [6.07, 6.45) is 0.0846. The highest BCUT2D eigenvalue weighted by Crippen LogP contribution is 2.22. The maximum atomic E-state index is 12.4. The summed E-state index contributed by atoms with van der Waals surface area (Å²) in [5.74, 6) is 1.54. The van der Waals surface area contributed by atoms with Crippen LogP contribution in [0.3, 0.4) is 0 Å². The van der Waals surface area contributed by atoms with Crippen molar-refractivity contribution in [1.29, 1.82) is 0 Å². The van der Waals surface area contributed by atoms with E-state index in [1.807, 2.05) is 23.6 Å². The predicted octanol–water partition coefficient (Wildman–Crippen LogP) is 4.29. The van der Waals surface area contributed by atoms with Crippen molar-refractivity contribution in [3.05, 3.63) is 46.7 Å². The molecule has 0 bridgehead atoms. The van der Waals surface area contributed by atoms with Crippen LogP contribution in [0, 0.1) is 0 Å². The van der Waals surface area contributed by atoms with Gasteiger partial charge in [-0.25, -0.2) is 4.98 Å². The zero-order valence-electron chi connectivity index (χ0n) is 19.7. The fraction of sp³-hybridized carbons (Fsp3) is 0.435. The second-order valence-corrected chi connectivity index (χ2v) is 9.42. The van der Waals surface area contributed by atoms with Gasteiger partial charge in [0, 0.05) is 11.9 Å². The van der Waals surface area contributed by atoms with Crippen molar-refractivity contribution in [3.63, 3.8) is 0 Å². The molecule has 2 aromatic heterocycles. The number of benzene rings is 1. The maximum absolute atomic E-state index is 12.4. The topological polar surface area (TPSA) is 108 Å². The normalized spacial score (nSPS) is 11.0. The molecule has 34 heavy (non-hydrogen) atoms. The van der Waals surface area contributed by atoms with E-state index in [-0.39, 0.29) is 30.7 Å². The van der Waals surface area contributed by atoms with Crippen LogP contribution >= 0.6 is 23.1 Å². The first-order chi connectivity index (χ1) is 16.4. The number of hydrogen-bond acceptors (Lipinski definition) is 9. The van der Waals surface area contributed by atoms with E-state index in [4.69, 9.17) is 9.47 Å². The Hall–Kier alpha value is -2.92. The van der Waals surface area contributed by atoms with Crippen molar-refractivity contribution in [2.24, 2.45) is 0 Å². The van der Waals surface area contributed by atoms with Crippen molar-refractivity contribution in [3.8, 4) is 5.75 Å². The van der Waals surface area contributed by atoms with Crippen LogP contribution in [0.15, 0.2) is 34.8 Å². The summed E-state index contributed by atoms with van der Waals surface area (Å²) in [4.78, 5) is 28.2. The van der Waals surface area contributed by atoms with Crippen molar-refractivity contribution >= 4 is 40.1 Å². The van der Waals surface area contributed by atoms with Gasteiger partial charge >= 0.3 is 5.97 Å². The summed E-state index contributed by atoms with van der Waals surface area (Å²) >= 11 is 2.56. The second kappa shape index (κ2) is 12.5. The van der Waals surface area contributed by atoms with Crippen LogP contribution in [-0.4, -0.2) is 44.0 Å². The fourth-order valence-electron chi connectivity index (χ4n) is 3.04. The van der Waals surface area contributed by atoms with Crippen molar-refractivity contribution in [2.75, 3.05) is 17.7 Å². The van der Waals surface area contributed by atoms with Crippen LogP contribution in [0.4, 0.5) is 5.13 Å². The van der Waals surface area contributed by atoms with Crippen LogP contribution < -0.4 is 10.1 Å². The zero-order valence-corrected chi connectivity index (χ0v) is 21.4. The van der Waals surface area contributed by atoms with Crippen molar-refractivity contribution in [1.82, 2.24) is 19.7 Å². The number of anilines is 1. The monoisotopic (exact) mass is 503 g/mol. The summed E-state index contributed by atoms with van der Waals surface area (Å²) in [5, 5.41) is 14.0. The minimum Gasteiger partial charge on any atom is -0.486 e. The Morgan fingerprint density at radius 1 is 1.18 bits per heavy atom. The molecule has 182 valence electrons. The summed E-state index contributed by atoms with van der Waals surface area (Å²) < 4.78 is 12.7. The Bertz CT molecular complexity index is 1100. The van der Waals surface area contributed by atoms with Crippen LogP contribution in [0.25, 0.3) is 0 Å². The predicted molar refractivity (Wildman–Crippen MR) is 132 cm³/mol. The van der Waals surface area contributed by atoms with E-state index in [1.54, 1.807) is 12.3 Å². The lowest BCUT2D eigenvalue weighted by molar-refractivity contribution is -0.142. The van der Waals surface area contributed by atoms with Gasteiger partial charge < -0.3 is 19.4 Å². The summed E-state index contributed by atoms with van der Waals surface area (Å²) in [7, 11) is 0. The number of carbonyl (C=O) groups excluding carboxylic acids is 2. The number of aromatic nitrogens is 4. The standard InChI is InChI=1S/C23H29N5O4S2/c1-5-28-19(12-32-18-9-7-16(8-10-18)15(3)4)26-27-23(28)34-14-20(29)25-22-24-17(13-33-22)11-21(30)31-6-2/h7-10,13,15H,5-6,11-12,14H2,1-4H3,(H,24,25,29). The van der Waals surface area contributed by atoms with E-state index >= 15 is 0 Å². The number of ether oxygens (including phenoxy) is 2. The maximum Gasteiger partial charge on any atom is 0.311 e. The molecule has 3 rings (SSSR count). The molecule has 0 aliphatic rings. The third-order valence-corrected chi connectivity index (χ3v) is 6.56. The number of amides is 1. The number of hydrogen-bond donors (Lipinski definition) is 1. The SMILES string of the molecule is CCOC(=O)Cc1csc(NC(=O)CSc2nnc(COc3ccc(C(C)C)cc3)n2CC)n1. The van der Waals surface area contributed by atoms with Crippen LogP contribution in [0.2, 0.25) is 0 Å². The highest BCUT2D eigenvalue weighted by molar-refractivity contribution is 7.99. The molecule has 0 atom stereocenters. The molecule has 0 aliphatic carbocycles. The van der Waals surface area contributed by atoms with E-state index in [0.717, 1.165) is 5.75 Å². The van der Waals surface area contributed by atoms with E-state index in [9.17, 15) is 9.59 Å². The van der Waals surface area contributed by atoms with Gasteiger partial charge in [-0.15, -0.1) is 21.5 Å². The first kappa shape index (κ1) is 25.7. The van der Waals surface area contributed by atoms with Gasteiger partial charge in [-0.3, -0.25) is 9.59 Å². The molecule has 0 radical (unpaired) electrons.